The van der Waals surface area contributed by atoms with Gasteiger partial charge in [-0.05, 0) is 45.0 Å². The number of hydrogen-bond acceptors (Lipinski definition) is 4. The highest BCUT2D eigenvalue weighted by atomic mass is 16.5. The first-order valence-electron chi connectivity index (χ1n) is 7.84. The van der Waals surface area contributed by atoms with Crippen molar-refractivity contribution in [2.45, 2.75) is 20.8 Å². The Morgan fingerprint density at radius 2 is 2.17 bits per heavy atom. The maximum atomic E-state index is 11.9. The molecule has 0 saturated carbocycles. The van der Waals surface area contributed by atoms with E-state index in [1.54, 1.807) is 24.7 Å². The molecule has 0 N–H and O–H groups in total. The summed E-state index contributed by atoms with van der Waals surface area (Å²) < 4.78 is 8.85. The highest BCUT2D eigenvalue weighted by molar-refractivity contribution is 5.94. The fourth-order valence-electron chi connectivity index (χ4n) is 2.77. The van der Waals surface area contributed by atoms with E-state index in [2.05, 4.69) is 10.1 Å². The van der Waals surface area contributed by atoms with E-state index in [-0.39, 0.29) is 5.97 Å². The lowest BCUT2D eigenvalue weighted by atomic mass is 10.1. The van der Waals surface area contributed by atoms with Crippen LogP contribution in [0.25, 0.3) is 22.9 Å². The van der Waals surface area contributed by atoms with Crippen LogP contribution in [0, 0.1) is 6.92 Å². The van der Waals surface area contributed by atoms with Gasteiger partial charge in [0.25, 0.3) is 0 Å². The van der Waals surface area contributed by atoms with Gasteiger partial charge in [-0.3, -0.25) is 9.25 Å². The molecule has 0 aromatic carbocycles. The van der Waals surface area contributed by atoms with Crippen molar-refractivity contribution in [3.8, 4) is 5.82 Å². The van der Waals surface area contributed by atoms with E-state index < -0.39 is 0 Å². The third kappa shape index (κ3) is 2.71. The van der Waals surface area contributed by atoms with Gasteiger partial charge in [0.05, 0.1) is 12.3 Å². The van der Waals surface area contributed by atoms with Crippen LogP contribution in [-0.2, 0) is 16.6 Å². The van der Waals surface area contributed by atoms with Gasteiger partial charge in [-0.1, -0.05) is 0 Å². The van der Waals surface area contributed by atoms with E-state index >= 15 is 0 Å². The van der Waals surface area contributed by atoms with Gasteiger partial charge in [-0.15, -0.1) is 0 Å². The molecule has 3 heterocycles. The third-order valence-corrected chi connectivity index (χ3v) is 3.87. The monoisotopic (exact) mass is 324 g/mol. The largest absolute Gasteiger partial charge is 0.463 e. The molecule has 0 atom stereocenters. The molecule has 0 unspecified atom stereocenters. The second kappa shape index (κ2) is 6.31. The molecule has 3 rings (SSSR count). The van der Waals surface area contributed by atoms with Gasteiger partial charge in [0.2, 0.25) is 0 Å². The number of esters is 1. The van der Waals surface area contributed by atoms with Crippen molar-refractivity contribution in [3.05, 3.63) is 47.4 Å². The molecule has 0 aliphatic carbocycles. The highest BCUT2D eigenvalue weighted by Crippen LogP contribution is 2.25. The van der Waals surface area contributed by atoms with E-state index in [9.17, 15) is 4.79 Å². The normalized spacial score (nSPS) is 11.9. The smallest absolute Gasteiger partial charge is 0.333 e. The molecule has 0 aliphatic heterocycles. The quantitative estimate of drug-likeness (QED) is 0.547. The number of fused-ring (bicyclic) bond motifs is 1. The number of carbonyl (C=O) groups excluding carboxylic acids is 1. The summed E-state index contributed by atoms with van der Waals surface area (Å²) in [7, 11) is 1.88. The lowest BCUT2D eigenvalue weighted by Crippen LogP contribution is -2.06. The maximum Gasteiger partial charge on any atom is 0.333 e. The molecule has 6 nitrogen and oxygen atoms in total. The van der Waals surface area contributed by atoms with Gasteiger partial charge < -0.3 is 4.74 Å². The number of nitrogens with zero attached hydrogens (tertiary/aromatic N) is 4. The minimum atomic E-state index is -0.317. The van der Waals surface area contributed by atoms with Crippen molar-refractivity contribution in [1.82, 2.24) is 19.3 Å². The van der Waals surface area contributed by atoms with Crippen LogP contribution in [0.15, 0.2) is 36.2 Å². The number of aryl methyl sites for hydroxylation is 2. The Morgan fingerprint density at radius 3 is 2.92 bits per heavy atom. The van der Waals surface area contributed by atoms with E-state index in [0.29, 0.717) is 12.2 Å². The Balaban J connectivity index is 2.16. The minimum Gasteiger partial charge on any atom is -0.463 e. The van der Waals surface area contributed by atoms with Crippen LogP contribution >= 0.6 is 0 Å². The van der Waals surface area contributed by atoms with Crippen molar-refractivity contribution >= 4 is 23.1 Å². The predicted octanol–water partition coefficient (Wildman–Crippen LogP) is 3.03. The Bertz CT molecular complexity index is 934. The van der Waals surface area contributed by atoms with Gasteiger partial charge >= 0.3 is 5.97 Å². The Morgan fingerprint density at radius 1 is 1.38 bits per heavy atom. The van der Waals surface area contributed by atoms with Crippen molar-refractivity contribution in [1.29, 1.82) is 0 Å². The van der Waals surface area contributed by atoms with Gasteiger partial charge in [0.15, 0.2) is 0 Å². The molecule has 24 heavy (non-hydrogen) atoms. The van der Waals surface area contributed by atoms with Crippen molar-refractivity contribution in [2.24, 2.45) is 7.05 Å². The SMILES string of the molecule is CCOC(=O)C(C)=Cc1c(C)nn(C)c1-n1ccc2cccnc21. The first-order chi connectivity index (χ1) is 11.5. The Hall–Kier alpha value is -2.89. The van der Waals surface area contributed by atoms with Gasteiger partial charge in [0, 0.05) is 36.0 Å². The average Bonchev–Trinajstić information content (AvgIpc) is 3.09. The zero-order valence-corrected chi connectivity index (χ0v) is 14.3. The summed E-state index contributed by atoms with van der Waals surface area (Å²) in [6, 6.07) is 5.94. The first kappa shape index (κ1) is 16.0. The fraction of sp³-hybridized carbons (Fsp3) is 0.278. The molecule has 0 saturated heterocycles. The molecule has 124 valence electrons. The highest BCUT2D eigenvalue weighted by Gasteiger charge is 2.17. The summed E-state index contributed by atoms with van der Waals surface area (Å²) in [6.07, 6.45) is 5.55. The van der Waals surface area contributed by atoms with Crippen LogP contribution in [0.3, 0.4) is 0 Å². The summed E-state index contributed by atoms with van der Waals surface area (Å²) >= 11 is 0. The molecule has 3 aromatic rings. The van der Waals surface area contributed by atoms with Crippen LogP contribution in [-0.4, -0.2) is 31.9 Å². The molecule has 0 spiro atoms. The van der Waals surface area contributed by atoms with Crippen LogP contribution in [0.4, 0.5) is 0 Å². The van der Waals surface area contributed by atoms with E-state index in [1.165, 1.54) is 0 Å². The van der Waals surface area contributed by atoms with Crippen LogP contribution in [0.2, 0.25) is 0 Å². The predicted molar refractivity (Wildman–Crippen MR) is 92.9 cm³/mol. The Labute approximate surface area is 140 Å². The second-order valence-electron chi connectivity index (χ2n) is 5.60. The number of carbonyl (C=O) groups is 1. The molecular weight excluding hydrogens is 304 g/mol. The first-order valence-corrected chi connectivity index (χ1v) is 7.84. The van der Waals surface area contributed by atoms with E-state index in [1.807, 2.05) is 49.0 Å². The number of aromatic nitrogens is 4. The summed E-state index contributed by atoms with van der Waals surface area (Å²) in [5.74, 6) is 0.548. The summed E-state index contributed by atoms with van der Waals surface area (Å²) in [5, 5.41) is 5.55. The number of rotatable bonds is 4. The molecular formula is C18H20N4O2. The molecule has 0 bridgehead atoms. The zero-order valence-electron chi connectivity index (χ0n) is 14.3. The van der Waals surface area contributed by atoms with Crippen LogP contribution in [0.1, 0.15) is 25.1 Å². The van der Waals surface area contributed by atoms with Gasteiger partial charge in [0.1, 0.15) is 11.5 Å². The molecule has 0 aliphatic rings. The van der Waals surface area contributed by atoms with Crippen LogP contribution < -0.4 is 0 Å². The third-order valence-electron chi connectivity index (χ3n) is 3.87. The van der Waals surface area contributed by atoms with Gasteiger partial charge in [-0.25, -0.2) is 9.78 Å². The van der Waals surface area contributed by atoms with Crippen molar-refractivity contribution in [3.63, 3.8) is 0 Å². The molecule has 0 fully saturated rings. The molecule has 6 heteroatoms. The second-order valence-corrected chi connectivity index (χ2v) is 5.60. The molecule has 0 amide bonds. The van der Waals surface area contributed by atoms with Gasteiger partial charge in [-0.2, -0.15) is 5.10 Å². The summed E-state index contributed by atoms with van der Waals surface area (Å²) in [6.45, 7) is 5.83. The Kier molecular flexibility index (Phi) is 4.20. The minimum absolute atomic E-state index is 0.317. The lowest BCUT2D eigenvalue weighted by Gasteiger charge is -2.08. The maximum absolute atomic E-state index is 11.9. The van der Waals surface area contributed by atoms with Crippen LogP contribution in [0.5, 0.6) is 0 Å². The molecule has 0 radical (unpaired) electrons. The molecule has 3 aromatic heterocycles. The lowest BCUT2D eigenvalue weighted by molar-refractivity contribution is -0.138. The fourth-order valence-corrected chi connectivity index (χ4v) is 2.77. The summed E-state index contributed by atoms with van der Waals surface area (Å²) in [4.78, 5) is 16.4. The zero-order chi connectivity index (χ0) is 17.3. The van der Waals surface area contributed by atoms with E-state index in [4.69, 9.17) is 4.74 Å². The van der Waals surface area contributed by atoms with Crippen molar-refractivity contribution in [2.75, 3.05) is 6.61 Å². The topological polar surface area (TPSA) is 61.9 Å². The number of pyridine rings is 1. The standard InChI is InChI=1S/C18H20N4O2/c1-5-24-18(23)12(2)11-15-13(3)20-21(4)17(15)22-10-8-14-7-6-9-19-16(14)22/h6-11H,5H2,1-4H3. The average molecular weight is 324 g/mol. The number of hydrogen-bond donors (Lipinski definition) is 0. The number of ether oxygens (including phenoxy) is 1. The summed E-state index contributed by atoms with van der Waals surface area (Å²) in [5.41, 5.74) is 3.11. The van der Waals surface area contributed by atoms with Crippen molar-refractivity contribution < 1.29 is 9.53 Å². The van der Waals surface area contributed by atoms with E-state index in [0.717, 1.165) is 28.1 Å².